The average Bonchev–Trinajstić information content (AvgIpc) is 3.61. The van der Waals surface area contributed by atoms with Crippen LogP contribution in [0.3, 0.4) is 0 Å². The second-order valence-electron chi connectivity index (χ2n) is 10.7. The zero-order valence-corrected chi connectivity index (χ0v) is 20.0. The van der Waals surface area contributed by atoms with E-state index in [9.17, 15) is 18.3 Å². The van der Waals surface area contributed by atoms with E-state index < -0.39 is 41.0 Å². The Labute approximate surface area is 209 Å². The fourth-order valence-electron chi connectivity index (χ4n) is 6.43. The summed E-state index contributed by atoms with van der Waals surface area (Å²) in [5, 5.41) is 19.4. The Bertz CT molecular complexity index is 1430. The standard InChI is InChI=1S/C25H26F4N6O2/c1-9-18(25(27,28)29)12(6-15(30)32-9)21-19(26)23-17(20(33-21)11-4-5-37-24(11)36)22(34-35(23)10-2-3-10)16-13-7-31-8-14(13)16/h6,10-11,13-14,16,24,31,36H,2-5,7-8H2,1H3,(H2,30,32)/t11?,13-,14+,16?,24?. The number of rotatable bonds is 4. The smallest absolute Gasteiger partial charge is 0.384 e. The molecule has 0 spiro atoms. The van der Waals surface area contributed by atoms with Crippen molar-refractivity contribution in [1.82, 2.24) is 25.1 Å². The number of hydrogen-bond acceptors (Lipinski definition) is 7. The highest BCUT2D eigenvalue weighted by atomic mass is 19.4. The van der Waals surface area contributed by atoms with Crippen LogP contribution in [0.2, 0.25) is 0 Å². The van der Waals surface area contributed by atoms with Crippen LogP contribution in [0.4, 0.5) is 23.4 Å². The van der Waals surface area contributed by atoms with Crippen LogP contribution in [0.5, 0.6) is 0 Å². The van der Waals surface area contributed by atoms with E-state index in [4.69, 9.17) is 15.6 Å². The van der Waals surface area contributed by atoms with Crippen LogP contribution in [0.1, 0.15) is 59.8 Å². The van der Waals surface area contributed by atoms with Crippen molar-refractivity contribution in [2.24, 2.45) is 11.8 Å². The number of ether oxygens (including phenoxy) is 1. The third-order valence-corrected chi connectivity index (χ3v) is 8.31. The monoisotopic (exact) mass is 518 g/mol. The van der Waals surface area contributed by atoms with Gasteiger partial charge in [0.2, 0.25) is 0 Å². The van der Waals surface area contributed by atoms with Crippen molar-refractivity contribution >= 4 is 16.7 Å². The Balaban J connectivity index is 1.55. The number of aromatic nitrogens is 4. The van der Waals surface area contributed by atoms with Crippen LogP contribution < -0.4 is 11.1 Å². The predicted octanol–water partition coefficient (Wildman–Crippen LogP) is 3.63. The first-order valence-electron chi connectivity index (χ1n) is 12.6. The molecule has 0 aromatic carbocycles. The topological polar surface area (TPSA) is 111 Å². The van der Waals surface area contributed by atoms with Crippen LogP contribution in [0.15, 0.2) is 6.07 Å². The highest BCUT2D eigenvalue weighted by Gasteiger charge is 2.56. The zero-order chi connectivity index (χ0) is 25.8. The highest BCUT2D eigenvalue weighted by molar-refractivity contribution is 5.90. The molecule has 2 saturated heterocycles. The van der Waals surface area contributed by atoms with Crippen molar-refractivity contribution in [2.45, 2.75) is 56.5 Å². The molecule has 37 heavy (non-hydrogen) atoms. The number of fused-ring (bicyclic) bond motifs is 2. The van der Waals surface area contributed by atoms with Crippen molar-refractivity contribution < 1.29 is 27.4 Å². The third-order valence-electron chi connectivity index (χ3n) is 8.31. The number of nitrogens with one attached hydrogen (secondary N) is 1. The maximum Gasteiger partial charge on any atom is 0.418 e. The van der Waals surface area contributed by atoms with Gasteiger partial charge in [-0.25, -0.2) is 14.4 Å². The maximum atomic E-state index is 16.5. The van der Waals surface area contributed by atoms with Gasteiger partial charge in [-0.15, -0.1) is 0 Å². The fourth-order valence-corrected chi connectivity index (χ4v) is 6.43. The second-order valence-corrected chi connectivity index (χ2v) is 10.7. The largest absolute Gasteiger partial charge is 0.418 e. The fraction of sp³-hybridized carbons (Fsp3) is 0.560. The Morgan fingerprint density at radius 2 is 1.86 bits per heavy atom. The summed E-state index contributed by atoms with van der Waals surface area (Å²) in [6.45, 7) is 3.15. The maximum absolute atomic E-state index is 16.5. The molecule has 0 bridgehead atoms. The number of pyridine rings is 2. The van der Waals surface area contributed by atoms with Crippen molar-refractivity contribution in [3.63, 3.8) is 0 Å². The molecule has 4 N–H and O–H groups in total. The number of anilines is 1. The van der Waals surface area contributed by atoms with Crippen LogP contribution >= 0.6 is 0 Å². The summed E-state index contributed by atoms with van der Waals surface area (Å²) in [7, 11) is 0. The van der Waals surface area contributed by atoms with Crippen molar-refractivity contribution in [1.29, 1.82) is 0 Å². The Kier molecular flexibility index (Phi) is 4.94. The van der Waals surface area contributed by atoms with Crippen molar-refractivity contribution in [3.8, 4) is 11.3 Å². The molecular weight excluding hydrogens is 492 g/mol. The summed E-state index contributed by atoms with van der Waals surface area (Å²) < 4.78 is 66.1. The Morgan fingerprint density at radius 1 is 1.14 bits per heavy atom. The lowest BCUT2D eigenvalue weighted by atomic mass is 9.94. The van der Waals surface area contributed by atoms with E-state index in [1.54, 1.807) is 4.68 Å². The molecule has 3 aromatic rings. The average molecular weight is 519 g/mol. The number of aryl methyl sites for hydroxylation is 1. The number of nitrogens with zero attached hydrogens (tertiary/aromatic N) is 4. The lowest BCUT2D eigenvalue weighted by Gasteiger charge is -2.20. The van der Waals surface area contributed by atoms with E-state index in [2.05, 4.69) is 15.3 Å². The molecule has 8 nitrogen and oxygen atoms in total. The van der Waals surface area contributed by atoms with E-state index in [-0.39, 0.29) is 35.6 Å². The van der Waals surface area contributed by atoms with E-state index in [1.165, 1.54) is 6.92 Å². The summed E-state index contributed by atoms with van der Waals surface area (Å²) in [5.41, 5.74) is 4.67. The van der Waals surface area contributed by atoms with Gasteiger partial charge in [-0.1, -0.05) is 0 Å². The van der Waals surface area contributed by atoms with Gasteiger partial charge >= 0.3 is 6.18 Å². The summed E-state index contributed by atoms with van der Waals surface area (Å²) in [6, 6.07) is 0.996. The number of aliphatic hydroxyl groups excluding tert-OH is 1. The summed E-state index contributed by atoms with van der Waals surface area (Å²) in [6.07, 6.45) is -3.97. The van der Waals surface area contributed by atoms with Gasteiger partial charge in [0, 0.05) is 16.9 Å². The van der Waals surface area contributed by atoms with Gasteiger partial charge < -0.3 is 20.9 Å². The molecule has 196 valence electrons. The molecule has 2 aliphatic carbocycles. The van der Waals surface area contributed by atoms with Gasteiger partial charge in [-0.05, 0) is 57.2 Å². The molecule has 2 saturated carbocycles. The van der Waals surface area contributed by atoms with Gasteiger partial charge in [0.1, 0.15) is 17.0 Å². The minimum atomic E-state index is -4.81. The molecule has 4 aliphatic rings. The summed E-state index contributed by atoms with van der Waals surface area (Å²) in [4.78, 5) is 8.33. The lowest BCUT2D eigenvalue weighted by Crippen LogP contribution is -2.18. The second kappa shape index (κ2) is 7.84. The van der Waals surface area contributed by atoms with Gasteiger partial charge in [0.25, 0.3) is 0 Å². The summed E-state index contributed by atoms with van der Waals surface area (Å²) >= 11 is 0. The molecule has 0 radical (unpaired) electrons. The third kappa shape index (κ3) is 3.48. The highest BCUT2D eigenvalue weighted by Crippen LogP contribution is 2.58. The molecule has 12 heteroatoms. The molecule has 5 heterocycles. The normalized spacial score (nSPS) is 29.3. The number of alkyl halides is 3. The van der Waals surface area contributed by atoms with E-state index in [0.717, 1.165) is 37.7 Å². The van der Waals surface area contributed by atoms with Crippen LogP contribution in [0.25, 0.3) is 22.2 Å². The zero-order valence-electron chi connectivity index (χ0n) is 20.0. The Hall–Kier alpha value is -2.83. The number of hydrogen-bond donors (Lipinski definition) is 3. The SMILES string of the molecule is Cc1nc(N)cc(-c2nc(C3CCOC3O)c3c(C4[C@H]5CNC[C@@H]45)nn(C4CC4)c3c2F)c1C(F)(F)F. The molecule has 4 fully saturated rings. The first kappa shape index (κ1) is 23.3. The van der Waals surface area contributed by atoms with Gasteiger partial charge in [0.05, 0.1) is 41.2 Å². The molecule has 2 aliphatic heterocycles. The number of halogens is 4. The van der Waals surface area contributed by atoms with Crippen LogP contribution in [0, 0.1) is 24.6 Å². The van der Waals surface area contributed by atoms with Gasteiger partial charge in [-0.2, -0.15) is 18.3 Å². The van der Waals surface area contributed by atoms with E-state index >= 15 is 4.39 Å². The quantitative estimate of drug-likeness (QED) is 0.453. The van der Waals surface area contributed by atoms with Gasteiger partial charge in [0.15, 0.2) is 12.1 Å². The van der Waals surface area contributed by atoms with Crippen LogP contribution in [-0.4, -0.2) is 50.8 Å². The number of piperidine rings is 1. The van der Waals surface area contributed by atoms with Gasteiger partial charge in [-0.3, -0.25) is 4.68 Å². The van der Waals surface area contributed by atoms with Crippen LogP contribution in [-0.2, 0) is 10.9 Å². The predicted molar refractivity (Wildman–Crippen MR) is 125 cm³/mol. The lowest BCUT2D eigenvalue weighted by molar-refractivity contribution is -0.137. The van der Waals surface area contributed by atoms with Crippen molar-refractivity contribution in [3.05, 3.63) is 34.5 Å². The number of nitrogens with two attached hydrogens (primary N) is 1. The summed E-state index contributed by atoms with van der Waals surface area (Å²) in [5.74, 6) is -0.766. The first-order chi connectivity index (χ1) is 17.6. The Morgan fingerprint density at radius 3 is 2.49 bits per heavy atom. The van der Waals surface area contributed by atoms with E-state index in [1.807, 2.05) is 0 Å². The molecule has 0 amide bonds. The molecule has 3 unspecified atom stereocenters. The number of nitrogen functional groups attached to an aromatic ring is 1. The minimum absolute atomic E-state index is 0.0263. The molecular formula is C25H26F4N6O2. The number of aliphatic hydroxyl groups is 1. The van der Waals surface area contributed by atoms with Crippen molar-refractivity contribution in [2.75, 3.05) is 25.4 Å². The molecule has 3 aromatic heterocycles. The molecule has 7 rings (SSSR count). The van der Waals surface area contributed by atoms with E-state index in [0.29, 0.717) is 29.3 Å². The molecule has 5 atom stereocenters. The first-order valence-corrected chi connectivity index (χ1v) is 12.6. The minimum Gasteiger partial charge on any atom is -0.384 e.